The normalized spacial score (nSPS) is 13.8. The molecule has 40 heavy (non-hydrogen) atoms. The number of hydrogen-bond acceptors (Lipinski definition) is 5. The van der Waals surface area contributed by atoms with Crippen LogP contribution in [0.3, 0.4) is 0 Å². The van der Waals surface area contributed by atoms with Gasteiger partial charge in [0.25, 0.3) is 15.9 Å². The molecule has 0 saturated carbocycles. The Balaban J connectivity index is 1.31. The van der Waals surface area contributed by atoms with Crippen LogP contribution in [-0.4, -0.2) is 51.3 Å². The topological polar surface area (TPSA) is 92.8 Å². The molecular formula is C30H26Cl2N2O5S. The predicted octanol–water partition coefficient (Wildman–Crippen LogP) is 6.24. The maximum atomic E-state index is 13.3. The van der Waals surface area contributed by atoms with E-state index in [-0.39, 0.29) is 33.1 Å². The minimum atomic E-state index is -3.98. The first-order valence-electron chi connectivity index (χ1n) is 12.7. The summed E-state index contributed by atoms with van der Waals surface area (Å²) in [6, 6.07) is 21.8. The largest absolute Gasteiger partial charge is 0.378 e. The van der Waals surface area contributed by atoms with Crippen molar-refractivity contribution in [3.05, 3.63) is 106 Å². The number of aryl methyl sites for hydroxylation is 1. The van der Waals surface area contributed by atoms with E-state index in [0.29, 0.717) is 60.3 Å². The van der Waals surface area contributed by atoms with E-state index in [4.69, 9.17) is 27.9 Å². The molecule has 1 aliphatic heterocycles. The van der Waals surface area contributed by atoms with Crippen molar-refractivity contribution in [1.82, 2.24) is 4.90 Å². The van der Waals surface area contributed by atoms with E-state index in [1.54, 1.807) is 53.4 Å². The number of nitrogens with one attached hydrogen (secondary N) is 1. The predicted molar refractivity (Wildman–Crippen MR) is 157 cm³/mol. The van der Waals surface area contributed by atoms with Crippen LogP contribution in [0.15, 0.2) is 83.8 Å². The average Bonchev–Trinajstić information content (AvgIpc) is 2.95. The van der Waals surface area contributed by atoms with Crippen LogP contribution >= 0.6 is 23.2 Å². The van der Waals surface area contributed by atoms with Crippen molar-refractivity contribution in [2.24, 2.45) is 0 Å². The summed E-state index contributed by atoms with van der Waals surface area (Å²) in [5, 5.41) is 1.65. The fourth-order valence-electron chi connectivity index (χ4n) is 4.69. The maximum absolute atomic E-state index is 13.3. The minimum absolute atomic E-state index is 0.0217. The van der Waals surface area contributed by atoms with Gasteiger partial charge < -0.3 is 9.64 Å². The van der Waals surface area contributed by atoms with Crippen molar-refractivity contribution in [3.63, 3.8) is 0 Å². The zero-order chi connectivity index (χ0) is 28.3. The molecule has 4 aromatic rings. The number of morpholine rings is 1. The number of ketones is 1. The van der Waals surface area contributed by atoms with Gasteiger partial charge in [0.2, 0.25) is 0 Å². The highest BCUT2D eigenvalue weighted by atomic mass is 35.5. The molecule has 0 unspecified atom stereocenters. The lowest BCUT2D eigenvalue weighted by Gasteiger charge is -2.26. The van der Waals surface area contributed by atoms with Crippen LogP contribution < -0.4 is 4.72 Å². The van der Waals surface area contributed by atoms with Gasteiger partial charge >= 0.3 is 0 Å². The summed E-state index contributed by atoms with van der Waals surface area (Å²) < 4.78 is 34.0. The van der Waals surface area contributed by atoms with E-state index in [9.17, 15) is 18.0 Å². The number of amides is 1. The molecule has 1 saturated heterocycles. The van der Waals surface area contributed by atoms with Gasteiger partial charge in [-0.05, 0) is 53.8 Å². The van der Waals surface area contributed by atoms with Crippen LogP contribution in [0.25, 0.3) is 10.8 Å². The Bertz CT molecular complexity index is 1660. The average molecular weight is 598 g/mol. The minimum Gasteiger partial charge on any atom is -0.378 e. The van der Waals surface area contributed by atoms with Crippen molar-refractivity contribution in [1.29, 1.82) is 0 Å². The van der Waals surface area contributed by atoms with Crippen LogP contribution in [0.1, 0.15) is 32.7 Å². The maximum Gasteiger partial charge on any atom is 0.262 e. The Labute approximate surface area is 242 Å². The highest BCUT2D eigenvalue weighted by molar-refractivity contribution is 7.92. The summed E-state index contributed by atoms with van der Waals surface area (Å²) >= 11 is 12.0. The lowest BCUT2D eigenvalue weighted by Crippen LogP contribution is -2.40. The van der Waals surface area contributed by atoms with Crippen molar-refractivity contribution in [2.75, 3.05) is 31.0 Å². The van der Waals surface area contributed by atoms with Crippen LogP contribution in [0.2, 0.25) is 10.0 Å². The Kier molecular flexibility index (Phi) is 8.42. The van der Waals surface area contributed by atoms with Crippen molar-refractivity contribution >= 4 is 61.4 Å². The molecule has 0 aliphatic carbocycles. The summed E-state index contributed by atoms with van der Waals surface area (Å²) in [4.78, 5) is 27.7. The molecule has 5 rings (SSSR count). The zero-order valence-electron chi connectivity index (χ0n) is 21.4. The van der Waals surface area contributed by atoms with E-state index < -0.39 is 10.0 Å². The number of carbonyl (C=O) groups excluding carboxylic acids is 2. The number of hydrogen-bond donors (Lipinski definition) is 1. The first kappa shape index (κ1) is 28.1. The number of anilines is 1. The van der Waals surface area contributed by atoms with Gasteiger partial charge in [-0.15, -0.1) is 0 Å². The summed E-state index contributed by atoms with van der Waals surface area (Å²) in [6.07, 6.45) is 0.760. The highest BCUT2D eigenvalue weighted by Crippen LogP contribution is 2.30. The smallest absolute Gasteiger partial charge is 0.262 e. The van der Waals surface area contributed by atoms with E-state index in [1.165, 1.54) is 18.2 Å². The van der Waals surface area contributed by atoms with Crippen molar-refractivity contribution in [3.8, 4) is 0 Å². The van der Waals surface area contributed by atoms with Gasteiger partial charge in [0.15, 0.2) is 5.78 Å². The van der Waals surface area contributed by atoms with Crippen molar-refractivity contribution < 1.29 is 22.7 Å². The van der Waals surface area contributed by atoms with Crippen molar-refractivity contribution in [2.45, 2.75) is 17.7 Å². The molecule has 0 aromatic heterocycles. The number of carbonyl (C=O) groups is 2. The number of rotatable bonds is 8. The second-order valence-corrected chi connectivity index (χ2v) is 12.0. The molecule has 0 bridgehead atoms. The lowest BCUT2D eigenvalue weighted by atomic mass is 9.96. The fraction of sp³-hybridized carbons (Fsp3) is 0.200. The van der Waals surface area contributed by atoms with Gasteiger partial charge in [0.05, 0.1) is 23.8 Å². The van der Waals surface area contributed by atoms with E-state index in [0.717, 1.165) is 5.56 Å². The lowest BCUT2D eigenvalue weighted by molar-refractivity contribution is 0.0303. The number of benzene rings is 4. The van der Waals surface area contributed by atoms with Gasteiger partial charge in [-0.2, -0.15) is 0 Å². The summed E-state index contributed by atoms with van der Waals surface area (Å²) in [6.45, 7) is 2.25. The number of sulfonamides is 1. The Morgan fingerprint density at radius 3 is 2.20 bits per heavy atom. The number of fused-ring (bicyclic) bond motifs is 1. The molecule has 0 radical (unpaired) electrons. The molecule has 0 atom stereocenters. The number of halogens is 2. The van der Waals surface area contributed by atoms with E-state index >= 15 is 0 Å². The molecule has 7 nitrogen and oxygen atoms in total. The Morgan fingerprint density at radius 2 is 1.50 bits per heavy atom. The van der Waals surface area contributed by atoms with Gasteiger partial charge in [-0.1, -0.05) is 65.7 Å². The standard InChI is InChI=1S/C30H26Cl2N2O5S/c31-22-17-23(32)19-24(18-22)40(37,38)33-28-6-2-3-25-26(28)4-1-5-27(25)29(35)12-9-20-7-10-21(11-8-20)30(36)34-13-15-39-16-14-34/h1-8,10-11,17-19,33H,9,12-16H2. The monoisotopic (exact) mass is 596 g/mol. The van der Waals surface area contributed by atoms with Crippen LogP contribution in [0, 0.1) is 0 Å². The van der Waals surface area contributed by atoms with Gasteiger partial charge in [0, 0.05) is 46.1 Å². The summed E-state index contributed by atoms with van der Waals surface area (Å²) in [7, 11) is -3.98. The molecule has 1 N–H and O–H groups in total. The number of nitrogens with zero attached hydrogens (tertiary/aromatic N) is 1. The number of Topliss-reactive ketones (excluding diaryl/α,β-unsaturated/α-hetero) is 1. The van der Waals surface area contributed by atoms with Crippen LogP contribution in [0.5, 0.6) is 0 Å². The van der Waals surface area contributed by atoms with Crippen LogP contribution in [-0.2, 0) is 21.2 Å². The van der Waals surface area contributed by atoms with Gasteiger partial charge in [0.1, 0.15) is 0 Å². The highest BCUT2D eigenvalue weighted by Gasteiger charge is 2.20. The molecule has 10 heteroatoms. The molecule has 1 aliphatic rings. The molecular weight excluding hydrogens is 571 g/mol. The molecule has 1 amide bonds. The first-order valence-corrected chi connectivity index (χ1v) is 14.9. The first-order chi connectivity index (χ1) is 19.2. The molecule has 206 valence electrons. The quantitative estimate of drug-likeness (QED) is 0.243. The summed E-state index contributed by atoms with van der Waals surface area (Å²) in [5.74, 6) is -0.0905. The Morgan fingerprint density at radius 1 is 0.850 bits per heavy atom. The van der Waals surface area contributed by atoms with Crippen LogP contribution in [0.4, 0.5) is 5.69 Å². The third-order valence-electron chi connectivity index (χ3n) is 6.75. The number of ether oxygens (including phenoxy) is 1. The molecule has 0 spiro atoms. The Hall–Kier alpha value is -3.43. The molecule has 1 fully saturated rings. The van der Waals surface area contributed by atoms with E-state index in [2.05, 4.69) is 4.72 Å². The fourth-order valence-corrected chi connectivity index (χ4v) is 6.49. The van der Waals surface area contributed by atoms with E-state index in [1.807, 2.05) is 12.1 Å². The third-order valence-corrected chi connectivity index (χ3v) is 8.53. The zero-order valence-corrected chi connectivity index (χ0v) is 23.7. The van der Waals surface area contributed by atoms with Gasteiger partial charge in [-0.25, -0.2) is 8.42 Å². The molecule has 1 heterocycles. The second kappa shape index (κ2) is 12.0. The summed E-state index contributed by atoms with van der Waals surface area (Å²) in [5.41, 5.74) is 2.40. The second-order valence-electron chi connectivity index (χ2n) is 9.44. The molecule has 4 aromatic carbocycles. The van der Waals surface area contributed by atoms with Gasteiger partial charge in [-0.3, -0.25) is 14.3 Å². The SMILES string of the molecule is O=C(CCc1ccc(C(=O)N2CCOCC2)cc1)c1cccc2c(NS(=O)(=O)c3cc(Cl)cc(Cl)c3)cccc12. The third kappa shape index (κ3) is 6.31.